The van der Waals surface area contributed by atoms with Crippen molar-refractivity contribution in [1.29, 1.82) is 0 Å². The Hall–Kier alpha value is -1.81. The maximum atomic E-state index is 5.90. The first-order valence-corrected chi connectivity index (χ1v) is 7.13. The van der Waals surface area contributed by atoms with Crippen LogP contribution in [0.5, 0.6) is 11.5 Å². The average molecular weight is 288 g/mol. The van der Waals surface area contributed by atoms with E-state index in [0.29, 0.717) is 6.54 Å². The van der Waals surface area contributed by atoms with E-state index in [9.17, 15) is 0 Å². The van der Waals surface area contributed by atoms with E-state index >= 15 is 0 Å². The Labute approximate surface area is 126 Å². The molecule has 0 atom stereocenters. The molecule has 0 spiro atoms. The highest BCUT2D eigenvalue weighted by Gasteiger charge is 2.22. The van der Waals surface area contributed by atoms with Crippen molar-refractivity contribution in [3.05, 3.63) is 29.5 Å². The second-order valence-electron chi connectivity index (χ2n) is 6.15. The van der Waals surface area contributed by atoms with E-state index < -0.39 is 0 Å². The normalized spacial score (nSPS) is 11.7. The fraction of sp³-hybridized carbons (Fsp3) is 0.471. The standard InChI is InChI=1S/C17H24N2O2/c1-11-8-15(21-5)16-12(9-17(2,3)10-18)14(20-4)7-6-13(16)19-11/h6-8H,9-10,18H2,1-5H3. The summed E-state index contributed by atoms with van der Waals surface area (Å²) < 4.78 is 11.1. The fourth-order valence-corrected chi connectivity index (χ4v) is 2.55. The van der Waals surface area contributed by atoms with E-state index in [1.54, 1.807) is 14.2 Å². The number of aryl methyl sites for hydroxylation is 1. The molecule has 2 rings (SSSR count). The number of benzene rings is 1. The van der Waals surface area contributed by atoms with Gasteiger partial charge in [-0.1, -0.05) is 13.8 Å². The van der Waals surface area contributed by atoms with Gasteiger partial charge in [0.05, 0.1) is 19.7 Å². The van der Waals surface area contributed by atoms with E-state index in [0.717, 1.165) is 40.1 Å². The van der Waals surface area contributed by atoms with Crippen LogP contribution >= 0.6 is 0 Å². The quantitative estimate of drug-likeness (QED) is 0.918. The third-order valence-electron chi connectivity index (χ3n) is 3.78. The number of aromatic nitrogens is 1. The van der Waals surface area contributed by atoms with E-state index in [1.165, 1.54) is 0 Å². The van der Waals surface area contributed by atoms with Crippen LogP contribution < -0.4 is 15.2 Å². The first-order chi connectivity index (χ1) is 9.91. The van der Waals surface area contributed by atoms with Crippen molar-refractivity contribution in [2.75, 3.05) is 20.8 Å². The summed E-state index contributed by atoms with van der Waals surface area (Å²) in [7, 11) is 3.37. The highest BCUT2D eigenvalue weighted by molar-refractivity contribution is 5.90. The Morgan fingerprint density at radius 1 is 1.14 bits per heavy atom. The van der Waals surface area contributed by atoms with Gasteiger partial charge in [0.25, 0.3) is 0 Å². The van der Waals surface area contributed by atoms with Crippen LogP contribution in [0.3, 0.4) is 0 Å². The minimum atomic E-state index is -0.0164. The molecule has 114 valence electrons. The molecular weight excluding hydrogens is 264 g/mol. The Morgan fingerprint density at radius 3 is 2.38 bits per heavy atom. The molecule has 4 nitrogen and oxygen atoms in total. The molecule has 0 fully saturated rings. The van der Waals surface area contributed by atoms with Gasteiger partial charge in [-0.25, -0.2) is 0 Å². The summed E-state index contributed by atoms with van der Waals surface area (Å²) in [5.74, 6) is 1.69. The minimum absolute atomic E-state index is 0.0164. The van der Waals surface area contributed by atoms with Gasteiger partial charge in [0, 0.05) is 22.7 Å². The topological polar surface area (TPSA) is 57.4 Å². The summed E-state index contributed by atoms with van der Waals surface area (Å²) >= 11 is 0. The zero-order valence-electron chi connectivity index (χ0n) is 13.5. The largest absolute Gasteiger partial charge is 0.496 e. The number of pyridine rings is 1. The van der Waals surface area contributed by atoms with Crippen molar-refractivity contribution in [2.24, 2.45) is 11.1 Å². The van der Waals surface area contributed by atoms with Crippen molar-refractivity contribution in [2.45, 2.75) is 27.2 Å². The van der Waals surface area contributed by atoms with Gasteiger partial charge in [-0.15, -0.1) is 0 Å². The lowest BCUT2D eigenvalue weighted by atomic mass is 9.84. The van der Waals surface area contributed by atoms with E-state index in [2.05, 4.69) is 18.8 Å². The molecule has 0 aliphatic heterocycles. The van der Waals surface area contributed by atoms with Crippen LogP contribution in [0.25, 0.3) is 10.9 Å². The van der Waals surface area contributed by atoms with Crippen molar-refractivity contribution < 1.29 is 9.47 Å². The van der Waals surface area contributed by atoms with Crippen LogP contribution in [-0.2, 0) is 6.42 Å². The Balaban J connectivity index is 2.75. The fourth-order valence-electron chi connectivity index (χ4n) is 2.55. The van der Waals surface area contributed by atoms with Gasteiger partial charge in [-0.05, 0) is 37.4 Å². The summed E-state index contributed by atoms with van der Waals surface area (Å²) in [5, 5.41) is 1.02. The summed E-state index contributed by atoms with van der Waals surface area (Å²) in [5.41, 5.74) is 8.85. The molecular formula is C17H24N2O2. The van der Waals surface area contributed by atoms with Crippen LogP contribution in [0.1, 0.15) is 25.1 Å². The van der Waals surface area contributed by atoms with Gasteiger partial charge < -0.3 is 15.2 Å². The molecule has 0 bridgehead atoms. The molecule has 1 heterocycles. The SMILES string of the molecule is COc1ccc2nc(C)cc(OC)c2c1CC(C)(C)CN. The van der Waals surface area contributed by atoms with Crippen molar-refractivity contribution >= 4 is 10.9 Å². The maximum absolute atomic E-state index is 5.90. The molecule has 0 radical (unpaired) electrons. The molecule has 0 saturated heterocycles. The molecule has 0 aliphatic carbocycles. The number of hydrogen-bond donors (Lipinski definition) is 1. The molecule has 0 aliphatic rings. The first kappa shape index (κ1) is 15.6. The molecule has 21 heavy (non-hydrogen) atoms. The smallest absolute Gasteiger partial charge is 0.130 e. The predicted octanol–water partition coefficient (Wildman–Crippen LogP) is 3.09. The predicted molar refractivity (Wildman–Crippen MR) is 86.1 cm³/mol. The van der Waals surface area contributed by atoms with Crippen molar-refractivity contribution in [3.8, 4) is 11.5 Å². The van der Waals surface area contributed by atoms with Crippen LogP contribution in [0.15, 0.2) is 18.2 Å². The average Bonchev–Trinajstić information content (AvgIpc) is 2.46. The molecule has 2 N–H and O–H groups in total. The minimum Gasteiger partial charge on any atom is -0.496 e. The summed E-state index contributed by atoms with van der Waals surface area (Å²) in [4.78, 5) is 4.61. The number of hydrogen-bond acceptors (Lipinski definition) is 4. The van der Waals surface area contributed by atoms with Gasteiger partial charge in [-0.2, -0.15) is 0 Å². The van der Waals surface area contributed by atoms with E-state index in [1.807, 2.05) is 25.1 Å². The second-order valence-corrected chi connectivity index (χ2v) is 6.15. The lowest BCUT2D eigenvalue weighted by Gasteiger charge is -2.25. The summed E-state index contributed by atoms with van der Waals surface area (Å²) in [6.45, 7) is 6.88. The van der Waals surface area contributed by atoms with Gasteiger partial charge >= 0.3 is 0 Å². The second kappa shape index (κ2) is 5.90. The number of ether oxygens (including phenoxy) is 2. The third-order valence-corrected chi connectivity index (χ3v) is 3.78. The number of nitrogens with two attached hydrogens (primary N) is 1. The molecule has 1 aromatic carbocycles. The van der Waals surface area contributed by atoms with Gasteiger partial charge in [0.1, 0.15) is 11.5 Å². The van der Waals surface area contributed by atoms with Crippen LogP contribution in [0.4, 0.5) is 0 Å². The van der Waals surface area contributed by atoms with Crippen LogP contribution in [0.2, 0.25) is 0 Å². The van der Waals surface area contributed by atoms with Crippen LogP contribution in [0, 0.1) is 12.3 Å². The number of fused-ring (bicyclic) bond motifs is 1. The number of nitrogens with zero attached hydrogens (tertiary/aromatic N) is 1. The van der Waals surface area contributed by atoms with Crippen molar-refractivity contribution in [1.82, 2.24) is 4.98 Å². The molecule has 4 heteroatoms. The van der Waals surface area contributed by atoms with Gasteiger partial charge in [0.15, 0.2) is 0 Å². The highest BCUT2D eigenvalue weighted by atomic mass is 16.5. The zero-order valence-corrected chi connectivity index (χ0v) is 13.5. The maximum Gasteiger partial charge on any atom is 0.130 e. The summed E-state index contributed by atoms with van der Waals surface area (Å²) in [6, 6.07) is 5.90. The summed E-state index contributed by atoms with van der Waals surface area (Å²) in [6.07, 6.45) is 0.811. The van der Waals surface area contributed by atoms with E-state index in [4.69, 9.17) is 15.2 Å². The first-order valence-electron chi connectivity index (χ1n) is 7.13. The molecule has 2 aromatic rings. The zero-order chi connectivity index (χ0) is 15.6. The van der Waals surface area contributed by atoms with Crippen molar-refractivity contribution in [3.63, 3.8) is 0 Å². The van der Waals surface area contributed by atoms with Crippen LogP contribution in [-0.4, -0.2) is 25.7 Å². The monoisotopic (exact) mass is 288 g/mol. The van der Waals surface area contributed by atoms with E-state index in [-0.39, 0.29) is 5.41 Å². The molecule has 0 saturated carbocycles. The third kappa shape index (κ3) is 3.10. The Bertz CT molecular complexity index is 651. The van der Waals surface area contributed by atoms with Gasteiger partial charge in [-0.3, -0.25) is 4.98 Å². The highest BCUT2D eigenvalue weighted by Crippen LogP contribution is 2.37. The van der Waals surface area contributed by atoms with Gasteiger partial charge in [0.2, 0.25) is 0 Å². The molecule has 0 unspecified atom stereocenters. The number of methoxy groups -OCH3 is 2. The lowest BCUT2D eigenvalue weighted by Crippen LogP contribution is -2.26. The lowest BCUT2D eigenvalue weighted by molar-refractivity contribution is 0.359. The molecule has 1 aromatic heterocycles. The molecule has 0 amide bonds. The number of rotatable bonds is 5. The Morgan fingerprint density at radius 2 is 1.81 bits per heavy atom. The Kier molecular flexibility index (Phi) is 4.37.